The number of nitrogens with zero attached hydrogens (tertiary/aromatic N) is 4. The van der Waals surface area contributed by atoms with Gasteiger partial charge in [0.2, 0.25) is 0 Å². The maximum Gasteiger partial charge on any atom is 0.166 e. The molecule has 2 aromatic heterocycles. The fraction of sp³-hybridized carbons (Fsp3) is 0.0909. The van der Waals surface area contributed by atoms with Crippen molar-refractivity contribution < 1.29 is 4.39 Å². The SMILES string of the molecule is Fc1ccc(Cn2nnc3c(=S)nc[nH]c32)cc1. The Bertz CT molecular complexity index is 746. The molecule has 3 rings (SSSR count). The second-order valence-electron chi connectivity index (χ2n) is 3.78. The third kappa shape index (κ3) is 1.88. The van der Waals surface area contributed by atoms with Crippen LogP contribution in [0, 0.1) is 10.5 Å². The number of aromatic nitrogens is 5. The van der Waals surface area contributed by atoms with Gasteiger partial charge in [-0.25, -0.2) is 14.1 Å². The number of nitrogens with one attached hydrogen (secondary N) is 1. The van der Waals surface area contributed by atoms with Crippen molar-refractivity contribution in [3.63, 3.8) is 0 Å². The van der Waals surface area contributed by atoms with Crippen LogP contribution in [0.3, 0.4) is 0 Å². The van der Waals surface area contributed by atoms with Gasteiger partial charge < -0.3 is 4.98 Å². The van der Waals surface area contributed by atoms with Gasteiger partial charge in [0.1, 0.15) is 5.82 Å². The molecule has 0 aliphatic carbocycles. The lowest BCUT2D eigenvalue weighted by atomic mass is 10.2. The summed E-state index contributed by atoms with van der Waals surface area (Å²) in [5.41, 5.74) is 2.20. The molecule has 0 radical (unpaired) electrons. The van der Waals surface area contributed by atoms with Crippen molar-refractivity contribution in [2.75, 3.05) is 0 Å². The molecule has 2 heterocycles. The highest BCUT2D eigenvalue weighted by Crippen LogP contribution is 2.10. The van der Waals surface area contributed by atoms with Gasteiger partial charge in [-0.1, -0.05) is 29.6 Å². The average Bonchev–Trinajstić information content (AvgIpc) is 2.77. The van der Waals surface area contributed by atoms with Gasteiger partial charge in [0.15, 0.2) is 15.8 Å². The first kappa shape index (κ1) is 11.0. The van der Waals surface area contributed by atoms with Crippen LogP contribution in [-0.2, 0) is 6.54 Å². The first-order valence-corrected chi connectivity index (χ1v) is 5.66. The fourth-order valence-corrected chi connectivity index (χ4v) is 1.88. The van der Waals surface area contributed by atoms with Crippen LogP contribution in [-0.4, -0.2) is 25.0 Å². The smallest absolute Gasteiger partial charge is 0.166 e. The first-order valence-electron chi connectivity index (χ1n) is 5.25. The Kier molecular flexibility index (Phi) is 2.60. The van der Waals surface area contributed by atoms with Gasteiger partial charge in [-0.15, -0.1) is 5.10 Å². The second kappa shape index (κ2) is 4.26. The summed E-state index contributed by atoms with van der Waals surface area (Å²) in [5.74, 6) is -0.259. The summed E-state index contributed by atoms with van der Waals surface area (Å²) in [7, 11) is 0. The maximum atomic E-state index is 12.8. The molecule has 18 heavy (non-hydrogen) atoms. The maximum absolute atomic E-state index is 12.8. The number of hydrogen-bond acceptors (Lipinski definition) is 4. The monoisotopic (exact) mass is 261 g/mol. The Morgan fingerprint density at radius 2 is 2.06 bits per heavy atom. The van der Waals surface area contributed by atoms with Gasteiger partial charge in [0.25, 0.3) is 0 Å². The summed E-state index contributed by atoms with van der Waals surface area (Å²) in [6, 6.07) is 6.24. The zero-order valence-electron chi connectivity index (χ0n) is 9.17. The van der Waals surface area contributed by atoms with Gasteiger partial charge >= 0.3 is 0 Å². The normalized spacial score (nSPS) is 10.9. The molecule has 3 aromatic rings. The van der Waals surface area contributed by atoms with Gasteiger partial charge in [0, 0.05) is 0 Å². The molecule has 0 saturated carbocycles. The molecular formula is C11H8FN5S. The van der Waals surface area contributed by atoms with E-state index in [0.717, 1.165) is 5.56 Å². The van der Waals surface area contributed by atoms with Crippen LogP contribution in [0.15, 0.2) is 30.6 Å². The van der Waals surface area contributed by atoms with Crippen LogP contribution >= 0.6 is 12.2 Å². The zero-order chi connectivity index (χ0) is 12.5. The van der Waals surface area contributed by atoms with Gasteiger partial charge in [-0.05, 0) is 17.7 Å². The van der Waals surface area contributed by atoms with E-state index in [1.165, 1.54) is 18.5 Å². The standard InChI is InChI=1S/C11H8FN5S/c12-8-3-1-7(2-4-8)5-17-10-9(15-16-17)11(18)14-6-13-10/h1-4,6H,5H2,(H,13,14,18). The first-order chi connectivity index (χ1) is 8.74. The van der Waals surface area contributed by atoms with Crippen molar-refractivity contribution >= 4 is 23.4 Å². The lowest BCUT2D eigenvalue weighted by Gasteiger charge is -2.02. The number of hydrogen-bond donors (Lipinski definition) is 1. The molecule has 1 N–H and O–H groups in total. The van der Waals surface area contributed by atoms with Crippen molar-refractivity contribution in [2.24, 2.45) is 0 Å². The molecule has 0 saturated heterocycles. The predicted molar refractivity (Wildman–Crippen MR) is 66.0 cm³/mol. The van der Waals surface area contributed by atoms with E-state index >= 15 is 0 Å². The second-order valence-corrected chi connectivity index (χ2v) is 4.17. The molecule has 0 amide bonds. The molecule has 0 unspecified atom stereocenters. The van der Waals surface area contributed by atoms with Crippen molar-refractivity contribution in [3.05, 3.63) is 46.6 Å². The summed E-state index contributed by atoms with van der Waals surface area (Å²) in [5, 5.41) is 7.98. The van der Waals surface area contributed by atoms with Crippen LogP contribution in [0.25, 0.3) is 11.2 Å². The lowest BCUT2D eigenvalue weighted by Crippen LogP contribution is -2.03. The number of benzene rings is 1. The van der Waals surface area contributed by atoms with E-state index in [0.29, 0.717) is 22.3 Å². The third-order valence-electron chi connectivity index (χ3n) is 2.57. The van der Waals surface area contributed by atoms with E-state index in [2.05, 4.69) is 20.3 Å². The number of rotatable bonds is 2. The molecule has 0 aliphatic rings. The fourth-order valence-electron chi connectivity index (χ4n) is 1.69. The van der Waals surface area contributed by atoms with E-state index in [9.17, 15) is 4.39 Å². The van der Waals surface area contributed by atoms with Crippen molar-refractivity contribution in [3.8, 4) is 0 Å². The van der Waals surface area contributed by atoms with Crippen LogP contribution in [0.1, 0.15) is 5.56 Å². The topological polar surface area (TPSA) is 59.4 Å². The largest absolute Gasteiger partial charge is 0.329 e. The highest BCUT2D eigenvalue weighted by molar-refractivity contribution is 7.71. The van der Waals surface area contributed by atoms with E-state index in [4.69, 9.17) is 12.2 Å². The summed E-state index contributed by atoms with van der Waals surface area (Å²) in [6.45, 7) is 0.492. The van der Waals surface area contributed by atoms with Gasteiger partial charge in [0.05, 0.1) is 12.9 Å². The van der Waals surface area contributed by atoms with Crippen LogP contribution < -0.4 is 0 Å². The molecule has 0 spiro atoms. The molecule has 7 heteroatoms. The molecule has 0 bridgehead atoms. The van der Waals surface area contributed by atoms with E-state index < -0.39 is 0 Å². The minimum atomic E-state index is -0.259. The summed E-state index contributed by atoms with van der Waals surface area (Å²) in [6.07, 6.45) is 1.51. The Labute approximate surface area is 106 Å². The molecule has 5 nitrogen and oxygen atoms in total. The number of halogens is 1. The van der Waals surface area contributed by atoms with Crippen molar-refractivity contribution in [2.45, 2.75) is 6.54 Å². The molecule has 0 fully saturated rings. The predicted octanol–water partition coefficient (Wildman–Crippen LogP) is 2.07. The van der Waals surface area contributed by atoms with Gasteiger partial charge in [-0.3, -0.25) is 0 Å². The Hall–Kier alpha value is -2.15. The lowest BCUT2D eigenvalue weighted by molar-refractivity contribution is 0.623. The Morgan fingerprint density at radius 3 is 2.83 bits per heavy atom. The quantitative estimate of drug-likeness (QED) is 0.717. The molecule has 0 aliphatic heterocycles. The minimum absolute atomic E-state index is 0.259. The minimum Gasteiger partial charge on any atom is -0.329 e. The van der Waals surface area contributed by atoms with Gasteiger partial charge in [-0.2, -0.15) is 0 Å². The zero-order valence-corrected chi connectivity index (χ0v) is 9.99. The van der Waals surface area contributed by atoms with E-state index in [1.54, 1.807) is 16.8 Å². The Morgan fingerprint density at radius 1 is 1.28 bits per heavy atom. The Balaban J connectivity index is 2.03. The highest BCUT2D eigenvalue weighted by atomic mass is 32.1. The van der Waals surface area contributed by atoms with Crippen molar-refractivity contribution in [1.82, 2.24) is 25.0 Å². The van der Waals surface area contributed by atoms with Crippen molar-refractivity contribution in [1.29, 1.82) is 0 Å². The molecular weight excluding hydrogens is 253 g/mol. The summed E-state index contributed by atoms with van der Waals surface area (Å²) in [4.78, 5) is 6.89. The molecule has 0 atom stereocenters. The highest BCUT2D eigenvalue weighted by Gasteiger charge is 2.07. The average molecular weight is 261 g/mol. The molecule has 1 aromatic carbocycles. The molecule has 90 valence electrons. The summed E-state index contributed by atoms with van der Waals surface area (Å²) >= 11 is 5.05. The van der Waals surface area contributed by atoms with E-state index in [-0.39, 0.29) is 5.82 Å². The van der Waals surface area contributed by atoms with Crippen LogP contribution in [0.5, 0.6) is 0 Å². The van der Waals surface area contributed by atoms with E-state index in [1.807, 2.05) is 0 Å². The third-order valence-corrected chi connectivity index (χ3v) is 2.87. The number of aromatic amines is 1. The van der Waals surface area contributed by atoms with Crippen LogP contribution in [0.2, 0.25) is 0 Å². The number of fused-ring (bicyclic) bond motifs is 1. The summed E-state index contributed by atoms with van der Waals surface area (Å²) < 4.78 is 14.9. The van der Waals surface area contributed by atoms with Crippen LogP contribution in [0.4, 0.5) is 4.39 Å². The number of H-pyrrole nitrogens is 1.